The molecular weight excluding hydrogens is 433 g/mol. The van der Waals surface area contributed by atoms with Crippen LogP contribution < -0.4 is 4.90 Å². The Morgan fingerprint density at radius 2 is 1.42 bits per heavy atom. The van der Waals surface area contributed by atoms with E-state index in [0.29, 0.717) is 51.5 Å². The molecule has 176 valence electrons. The topological polar surface area (TPSA) is 47.1 Å². The molecule has 0 saturated carbocycles. The monoisotopic (exact) mass is 460 g/mol. The number of hydrogen-bond acceptors (Lipinski definition) is 5. The molecule has 2 aromatic carbocycles. The van der Waals surface area contributed by atoms with Crippen molar-refractivity contribution >= 4 is 17.5 Å². The molecule has 2 amide bonds. The molecule has 0 N–H and O–H groups in total. The zero-order chi connectivity index (χ0) is 23.4. The molecule has 33 heavy (non-hydrogen) atoms. The van der Waals surface area contributed by atoms with Gasteiger partial charge in [0.1, 0.15) is 0 Å². The molecule has 9 heteroatoms. The molecule has 0 bridgehead atoms. The lowest BCUT2D eigenvalue weighted by Gasteiger charge is -2.38. The van der Waals surface area contributed by atoms with Gasteiger partial charge in [0.15, 0.2) is 0 Å². The molecule has 2 aromatic rings. The molecule has 0 unspecified atom stereocenters. The number of benzene rings is 2. The number of carbonyl (C=O) groups excluding carboxylic acids is 2. The summed E-state index contributed by atoms with van der Waals surface area (Å²) in [6.45, 7) is 4.38. The highest BCUT2D eigenvalue weighted by Gasteiger charge is 2.32. The predicted molar refractivity (Wildman–Crippen MR) is 119 cm³/mol. The van der Waals surface area contributed by atoms with Crippen LogP contribution in [0.1, 0.15) is 11.1 Å². The van der Waals surface area contributed by atoms with Crippen molar-refractivity contribution in [3.8, 4) is 0 Å². The van der Waals surface area contributed by atoms with Gasteiger partial charge in [-0.2, -0.15) is 13.2 Å². The minimum Gasteiger partial charge on any atom is -0.369 e. The Morgan fingerprint density at radius 3 is 2.06 bits per heavy atom. The van der Waals surface area contributed by atoms with E-state index in [1.807, 2.05) is 40.1 Å². The largest absolute Gasteiger partial charge is 0.416 e. The van der Waals surface area contributed by atoms with Crippen LogP contribution in [0.15, 0.2) is 54.6 Å². The fourth-order valence-electron chi connectivity index (χ4n) is 4.30. The smallest absolute Gasteiger partial charge is 0.369 e. The lowest BCUT2D eigenvalue weighted by Crippen LogP contribution is -2.56. The van der Waals surface area contributed by atoms with E-state index in [9.17, 15) is 22.8 Å². The summed E-state index contributed by atoms with van der Waals surface area (Å²) in [5, 5.41) is 0. The quantitative estimate of drug-likeness (QED) is 0.621. The lowest BCUT2D eigenvalue weighted by molar-refractivity contribution is -0.151. The number of nitrogens with zero attached hydrogens (tertiary/aromatic N) is 4. The first-order chi connectivity index (χ1) is 15.8. The Kier molecular flexibility index (Phi) is 6.99. The number of imide groups is 1. The van der Waals surface area contributed by atoms with E-state index in [2.05, 4.69) is 4.90 Å². The number of hydrogen-bond donors (Lipinski definition) is 0. The zero-order valence-corrected chi connectivity index (χ0v) is 18.3. The van der Waals surface area contributed by atoms with Gasteiger partial charge in [0.2, 0.25) is 11.8 Å². The fourth-order valence-corrected chi connectivity index (χ4v) is 4.30. The number of halogens is 3. The Balaban J connectivity index is 1.25. The molecule has 2 fully saturated rings. The SMILES string of the molecule is O=C1CN(Cc2ccccc2)CC(=O)N1CCN1CCN(c2cccc(C(F)(F)F)c2)CC1. The minimum atomic E-state index is -4.36. The van der Waals surface area contributed by atoms with Crippen molar-refractivity contribution < 1.29 is 22.8 Å². The molecule has 0 radical (unpaired) electrons. The van der Waals surface area contributed by atoms with E-state index in [1.54, 1.807) is 6.07 Å². The summed E-state index contributed by atoms with van der Waals surface area (Å²) in [7, 11) is 0. The van der Waals surface area contributed by atoms with Crippen LogP contribution >= 0.6 is 0 Å². The summed E-state index contributed by atoms with van der Waals surface area (Å²) >= 11 is 0. The van der Waals surface area contributed by atoms with Gasteiger partial charge in [0, 0.05) is 51.5 Å². The summed E-state index contributed by atoms with van der Waals surface area (Å²) in [6.07, 6.45) is -4.36. The average Bonchev–Trinajstić information content (AvgIpc) is 2.79. The van der Waals surface area contributed by atoms with E-state index in [4.69, 9.17) is 0 Å². The van der Waals surface area contributed by atoms with Gasteiger partial charge in [-0.25, -0.2) is 0 Å². The highest BCUT2D eigenvalue weighted by atomic mass is 19.4. The summed E-state index contributed by atoms with van der Waals surface area (Å²) in [5.41, 5.74) is 0.973. The molecule has 0 aliphatic carbocycles. The second kappa shape index (κ2) is 9.93. The minimum absolute atomic E-state index is 0.190. The molecule has 2 heterocycles. The van der Waals surface area contributed by atoms with Crippen molar-refractivity contribution in [1.29, 1.82) is 0 Å². The van der Waals surface area contributed by atoms with E-state index in [-0.39, 0.29) is 24.9 Å². The second-order valence-corrected chi connectivity index (χ2v) is 8.45. The Morgan fingerprint density at radius 1 is 0.758 bits per heavy atom. The van der Waals surface area contributed by atoms with Crippen LogP contribution in [0.3, 0.4) is 0 Å². The zero-order valence-electron chi connectivity index (χ0n) is 18.3. The van der Waals surface area contributed by atoms with Crippen LogP contribution in [0, 0.1) is 0 Å². The maximum Gasteiger partial charge on any atom is 0.416 e. The molecule has 2 aliphatic heterocycles. The number of piperazine rings is 2. The van der Waals surface area contributed by atoms with Gasteiger partial charge in [-0.05, 0) is 23.8 Å². The predicted octanol–water partition coefficient (Wildman–Crippen LogP) is 2.70. The molecule has 0 spiro atoms. The Hall–Kier alpha value is -2.91. The number of amides is 2. The van der Waals surface area contributed by atoms with Gasteiger partial charge in [0.25, 0.3) is 0 Å². The van der Waals surface area contributed by atoms with Gasteiger partial charge in [-0.15, -0.1) is 0 Å². The van der Waals surface area contributed by atoms with Crippen LogP contribution in [0.5, 0.6) is 0 Å². The molecule has 4 rings (SSSR count). The normalized spacial score (nSPS) is 18.8. The van der Waals surface area contributed by atoms with Crippen molar-refractivity contribution in [3.63, 3.8) is 0 Å². The maximum absolute atomic E-state index is 13.0. The van der Waals surface area contributed by atoms with Crippen LogP contribution in [-0.2, 0) is 22.3 Å². The third-order valence-corrected chi connectivity index (χ3v) is 6.12. The lowest BCUT2D eigenvalue weighted by atomic mass is 10.1. The molecule has 6 nitrogen and oxygen atoms in total. The first kappa shape index (κ1) is 23.3. The third-order valence-electron chi connectivity index (χ3n) is 6.12. The van der Waals surface area contributed by atoms with Crippen LogP contribution in [0.25, 0.3) is 0 Å². The van der Waals surface area contributed by atoms with Crippen molar-refractivity contribution in [2.45, 2.75) is 12.7 Å². The van der Waals surface area contributed by atoms with E-state index in [1.165, 1.54) is 17.0 Å². The van der Waals surface area contributed by atoms with Crippen LogP contribution in [0.4, 0.5) is 18.9 Å². The summed E-state index contributed by atoms with van der Waals surface area (Å²) in [4.78, 5) is 32.4. The van der Waals surface area contributed by atoms with Gasteiger partial charge in [0.05, 0.1) is 18.7 Å². The second-order valence-electron chi connectivity index (χ2n) is 8.45. The molecule has 0 aromatic heterocycles. The number of rotatable bonds is 6. The first-order valence-electron chi connectivity index (χ1n) is 11.0. The molecule has 2 saturated heterocycles. The van der Waals surface area contributed by atoms with Crippen molar-refractivity contribution in [3.05, 3.63) is 65.7 Å². The maximum atomic E-state index is 13.0. The van der Waals surface area contributed by atoms with Crippen molar-refractivity contribution in [2.75, 3.05) is 57.3 Å². The number of carbonyl (C=O) groups is 2. The van der Waals surface area contributed by atoms with E-state index >= 15 is 0 Å². The average molecular weight is 461 g/mol. The summed E-state index contributed by atoms with van der Waals surface area (Å²) in [5.74, 6) is -0.380. The van der Waals surface area contributed by atoms with Crippen molar-refractivity contribution in [1.82, 2.24) is 14.7 Å². The van der Waals surface area contributed by atoms with Crippen LogP contribution in [-0.4, -0.2) is 78.9 Å². The van der Waals surface area contributed by atoms with E-state index < -0.39 is 11.7 Å². The number of alkyl halides is 3. The van der Waals surface area contributed by atoms with Gasteiger partial charge >= 0.3 is 6.18 Å². The summed E-state index contributed by atoms with van der Waals surface area (Å²) in [6, 6.07) is 15.1. The highest BCUT2D eigenvalue weighted by molar-refractivity contribution is 5.99. The first-order valence-corrected chi connectivity index (χ1v) is 11.0. The standard InChI is InChI=1S/C24H27F3N4O2/c25-24(26,27)20-7-4-8-21(15-20)30-12-9-28(10-13-30)11-14-31-22(32)17-29(18-23(31)33)16-19-5-2-1-3-6-19/h1-8,15H,9-14,16-18H2. The number of anilines is 1. The molecule has 0 atom stereocenters. The van der Waals surface area contributed by atoms with Gasteiger partial charge in [-0.3, -0.25) is 24.3 Å². The Labute approximate surface area is 191 Å². The fraction of sp³-hybridized carbons (Fsp3) is 0.417. The van der Waals surface area contributed by atoms with Gasteiger partial charge in [-0.1, -0.05) is 36.4 Å². The van der Waals surface area contributed by atoms with Crippen LogP contribution in [0.2, 0.25) is 0 Å². The van der Waals surface area contributed by atoms with Gasteiger partial charge < -0.3 is 4.90 Å². The van der Waals surface area contributed by atoms with E-state index in [0.717, 1.165) is 11.6 Å². The van der Waals surface area contributed by atoms with Crippen molar-refractivity contribution in [2.24, 2.45) is 0 Å². The third kappa shape index (κ3) is 5.91. The molecular formula is C24H27F3N4O2. The highest BCUT2D eigenvalue weighted by Crippen LogP contribution is 2.31. The summed E-state index contributed by atoms with van der Waals surface area (Å²) < 4.78 is 38.9. The Bertz CT molecular complexity index is 957. The molecule has 2 aliphatic rings.